The van der Waals surface area contributed by atoms with E-state index in [0.29, 0.717) is 0 Å². The maximum Gasteiger partial charge on any atom is 0.0243 e. The molecule has 1 aliphatic heterocycles. The number of nitrogens with zero attached hydrogens (tertiary/aromatic N) is 1. The van der Waals surface area contributed by atoms with E-state index in [1.54, 1.807) is 0 Å². The second kappa shape index (κ2) is 4.83. The molecule has 2 heteroatoms. The van der Waals surface area contributed by atoms with Crippen LogP contribution in [0.5, 0.6) is 0 Å². The van der Waals surface area contributed by atoms with Crippen LogP contribution < -0.4 is 5.32 Å². The summed E-state index contributed by atoms with van der Waals surface area (Å²) in [5, 5.41) is 3.28. The molecule has 1 saturated heterocycles. The van der Waals surface area contributed by atoms with E-state index in [2.05, 4.69) is 24.1 Å². The molecule has 0 aromatic heterocycles. The Bertz CT molecular complexity index is 117. The molecule has 1 fully saturated rings. The van der Waals surface area contributed by atoms with Crippen molar-refractivity contribution >= 4 is 0 Å². The summed E-state index contributed by atoms with van der Waals surface area (Å²) >= 11 is 0. The summed E-state index contributed by atoms with van der Waals surface area (Å²) in [7, 11) is 2.05. The minimum atomic E-state index is 0.748. The number of likely N-dealkylation sites (tertiary alicyclic amines) is 1. The van der Waals surface area contributed by atoms with Gasteiger partial charge in [-0.1, -0.05) is 13.8 Å². The van der Waals surface area contributed by atoms with Gasteiger partial charge in [0.1, 0.15) is 0 Å². The van der Waals surface area contributed by atoms with Gasteiger partial charge in [-0.25, -0.2) is 0 Å². The standard InChI is InChI=1S/C10H22N2/c1-9(2)10(8-11-3)12-6-4-5-7-12/h9-11H,4-8H2,1-3H3. The SMILES string of the molecule is CNCC(C(C)C)N1CCCC1. The van der Waals surface area contributed by atoms with Crippen LogP contribution in [0, 0.1) is 5.92 Å². The van der Waals surface area contributed by atoms with Crippen LogP contribution in [-0.2, 0) is 0 Å². The van der Waals surface area contributed by atoms with Crippen molar-refractivity contribution < 1.29 is 0 Å². The van der Waals surface area contributed by atoms with E-state index in [9.17, 15) is 0 Å². The monoisotopic (exact) mass is 170 g/mol. The van der Waals surface area contributed by atoms with Crippen molar-refractivity contribution in [1.82, 2.24) is 10.2 Å². The van der Waals surface area contributed by atoms with E-state index in [1.165, 1.54) is 25.9 Å². The van der Waals surface area contributed by atoms with Gasteiger partial charge in [-0.2, -0.15) is 0 Å². The molecule has 0 spiro atoms. The molecule has 0 amide bonds. The lowest BCUT2D eigenvalue weighted by molar-refractivity contribution is 0.189. The Labute approximate surface area is 76.3 Å². The molecule has 1 heterocycles. The first kappa shape index (κ1) is 10.0. The number of rotatable bonds is 4. The van der Waals surface area contributed by atoms with Crippen LogP contribution in [-0.4, -0.2) is 37.6 Å². The zero-order chi connectivity index (χ0) is 8.97. The normalized spacial score (nSPS) is 22.0. The Hall–Kier alpha value is -0.0800. The Morgan fingerprint density at radius 1 is 1.25 bits per heavy atom. The lowest BCUT2D eigenvalue weighted by Gasteiger charge is -2.30. The maximum atomic E-state index is 3.28. The number of nitrogens with one attached hydrogen (secondary N) is 1. The molecule has 1 N–H and O–H groups in total. The Morgan fingerprint density at radius 3 is 2.25 bits per heavy atom. The second-order valence-electron chi connectivity index (χ2n) is 4.11. The fraction of sp³-hybridized carbons (Fsp3) is 1.00. The summed E-state index contributed by atoms with van der Waals surface area (Å²) in [4.78, 5) is 2.63. The molecule has 12 heavy (non-hydrogen) atoms. The Kier molecular flexibility index (Phi) is 4.02. The Balaban J connectivity index is 2.40. The quantitative estimate of drug-likeness (QED) is 0.684. The molecule has 1 unspecified atom stereocenters. The molecule has 72 valence electrons. The van der Waals surface area contributed by atoms with Crippen molar-refractivity contribution in [2.45, 2.75) is 32.7 Å². The highest BCUT2D eigenvalue weighted by Crippen LogP contribution is 2.16. The van der Waals surface area contributed by atoms with Crippen LogP contribution in [0.25, 0.3) is 0 Å². The first-order valence-corrected chi connectivity index (χ1v) is 5.14. The van der Waals surface area contributed by atoms with Gasteiger partial charge >= 0.3 is 0 Å². The third-order valence-corrected chi connectivity index (χ3v) is 2.79. The van der Waals surface area contributed by atoms with Crippen LogP contribution in [0.4, 0.5) is 0 Å². The highest BCUT2D eigenvalue weighted by molar-refractivity contribution is 4.79. The third-order valence-electron chi connectivity index (χ3n) is 2.79. The molecule has 2 nitrogen and oxygen atoms in total. The predicted molar refractivity (Wildman–Crippen MR) is 53.4 cm³/mol. The van der Waals surface area contributed by atoms with Gasteiger partial charge in [-0.3, -0.25) is 4.90 Å². The van der Waals surface area contributed by atoms with Gasteiger partial charge in [-0.15, -0.1) is 0 Å². The van der Waals surface area contributed by atoms with Gasteiger partial charge < -0.3 is 5.32 Å². The summed E-state index contributed by atoms with van der Waals surface area (Å²) in [5.74, 6) is 0.774. The highest BCUT2D eigenvalue weighted by Gasteiger charge is 2.23. The summed E-state index contributed by atoms with van der Waals surface area (Å²) < 4.78 is 0. The second-order valence-corrected chi connectivity index (χ2v) is 4.11. The number of hydrogen-bond donors (Lipinski definition) is 1. The zero-order valence-corrected chi connectivity index (χ0v) is 8.64. The lowest BCUT2D eigenvalue weighted by Crippen LogP contribution is -2.43. The molecular formula is C10H22N2. The van der Waals surface area contributed by atoms with E-state index in [0.717, 1.165) is 18.5 Å². The lowest BCUT2D eigenvalue weighted by atomic mass is 10.0. The van der Waals surface area contributed by atoms with Crippen LogP contribution in [0.3, 0.4) is 0 Å². The van der Waals surface area contributed by atoms with Gasteiger partial charge in [0.15, 0.2) is 0 Å². The summed E-state index contributed by atoms with van der Waals surface area (Å²) in [6.07, 6.45) is 2.79. The van der Waals surface area contributed by atoms with Crippen LogP contribution in [0.1, 0.15) is 26.7 Å². The Morgan fingerprint density at radius 2 is 1.83 bits per heavy atom. The molecule has 0 saturated carbocycles. The molecule has 0 aromatic rings. The molecule has 1 atom stereocenters. The summed E-state index contributed by atoms with van der Waals surface area (Å²) in [6.45, 7) is 8.40. The smallest absolute Gasteiger partial charge is 0.0243 e. The summed E-state index contributed by atoms with van der Waals surface area (Å²) in [5.41, 5.74) is 0. The van der Waals surface area contributed by atoms with Gasteiger partial charge in [0.25, 0.3) is 0 Å². The molecular weight excluding hydrogens is 148 g/mol. The number of likely N-dealkylation sites (N-methyl/N-ethyl adjacent to an activating group) is 1. The fourth-order valence-electron chi connectivity index (χ4n) is 2.07. The zero-order valence-electron chi connectivity index (χ0n) is 8.64. The van der Waals surface area contributed by atoms with E-state index in [1.807, 2.05) is 7.05 Å². The van der Waals surface area contributed by atoms with Gasteiger partial charge in [-0.05, 0) is 38.9 Å². The van der Waals surface area contributed by atoms with Crippen LogP contribution in [0.2, 0.25) is 0 Å². The molecule has 0 aromatic carbocycles. The van der Waals surface area contributed by atoms with E-state index < -0.39 is 0 Å². The van der Waals surface area contributed by atoms with Crippen molar-refractivity contribution in [3.63, 3.8) is 0 Å². The predicted octanol–water partition coefficient (Wildman–Crippen LogP) is 1.33. The van der Waals surface area contributed by atoms with Crippen molar-refractivity contribution in [2.24, 2.45) is 5.92 Å². The largest absolute Gasteiger partial charge is 0.318 e. The van der Waals surface area contributed by atoms with Gasteiger partial charge in [0, 0.05) is 12.6 Å². The van der Waals surface area contributed by atoms with Crippen LogP contribution >= 0.6 is 0 Å². The van der Waals surface area contributed by atoms with E-state index >= 15 is 0 Å². The van der Waals surface area contributed by atoms with Crippen molar-refractivity contribution in [3.8, 4) is 0 Å². The topological polar surface area (TPSA) is 15.3 Å². The minimum Gasteiger partial charge on any atom is -0.318 e. The highest BCUT2D eigenvalue weighted by atomic mass is 15.2. The molecule has 0 aliphatic carbocycles. The summed E-state index contributed by atoms with van der Waals surface area (Å²) in [6, 6.07) is 0.748. The first-order chi connectivity index (χ1) is 5.75. The van der Waals surface area contributed by atoms with Crippen LogP contribution in [0.15, 0.2) is 0 Å². The fourth-order valence-corrected chi connectivity index (χ4v) is 2.07. The minimum absolute atomic E-state index is 0.748. The number of hydrogen-bond acceptors (Lipinski definition) is 2. The average molecular weight is 170 g/mol. The van der Waals surface area contributed by atoms with Crippen molar-refractivity contribution in [1.29, 1.82) is 0 Å². The van der Waals surface area contributed by atoms with Gasteiger partial charge in [0.05, 0.1) is 0 Å². The molecule has 1 aliphatic rings. The van der Waals surface area contributed by atoms with Gasteiger partial charge in [0.2, 0.25) is 0 Å². The van der Waals surface area contributed by atoms with E-state index in [-0.39, 0.29) is 0 Å². The van der Waals surface area contributed by atoms with Crippen molar-refractivity contribution in [2.75, 3.05) is 26.7 Å². The first-order valence-electron chi connectivity index (χ1n) is 5.14. The molecule has 1 rings (SSSR count). The molecule has 0 bridgehead atoms. The molecule has 0 radical (unpaired) electrons. The van der Waals surface area contributed by atoms with E-state index in [4.69, 9.17) is 0 Å². The maximum absolute atomic E-state index is 3.28. The van der Waals surface area contributed by atoms with Crippen molar-refractivity contribution in [3.05, 3.63) is 0 Å². The average Bonchev–Trinajstić information content (AvgIpc) is 2.51. The third kappa shape index (κ3) is 2.46.